The molecular weight excluding hydrogens is 367 g/mol. The summed E-state index contributed by atoms with van der Waals surface area (Å²) < 4.78 is 24.2. The normalized spacial score (nSPS) is 16.2. The second kappa shape index (κ2) is 9.03. The lowest BCUT2D eigenvalue weighted by Crippen LogP contribution is -2.43. The Hall–Kier alpha value is -2.64. The molecule has 2 amide bonds. The summed E-state index contributed by atoms with van der Waals surface area (Å²) in [5, 5.41) is 2.40. The second-order valence-electron chi connectivity index (χ2n) is 7.79. The van der Waals surface area contributed by atoms with Crippen LogP contribution in [0.3, 0.4) is 0 Å². The van der Waals surface area contributed by atoms with Crippen LogP contribution in [0.25, 0.3) is 0 Å². The van der Waals surface area contributed by atoms with E-state index in [2.05, 4.69) is 5.32 Å². The molecule has 0 unspecified atom stereocenters. The van der Waals surface area contributed by atoms with Crippen LogP contribution in [0.15, 0.2) is 24.3 Å². The molecule has 0 bridgehead atoms. The first-order valence-electron chi connectivity index (χ1n) is 9.30. The molecular formula is C20H27FN2O5. The second-order valence-corrected chi connectivity index (χ2v) is 7.79. The quantitative estimate of drug-likeness (QED) is 0.792. The van der Waals surface area contributed by atoms with Crippen molar-refractivity contribution in [3.8, 4) is 0 Å². The number of hydrogen-bond donors (Lipinski definition) is 1. The zero-order valence-corrected chi connectivity index (χ0v) is 16.7. The molecule has 8 heteroatoms. The minimum atomic E-state index is -1.06. The molecule has 154 valence electrons. The van der Waals surface area contributed by atoms with Crippen molar-refractivity contribution >= 4 is 23.7 Å². The van der Waals surface area contributed by atoms with Crippen LogP contribution in [0.5, 0.6) is 0 Å². The smallest absolute Gasteiger partial charge is 0.410 e. The zero-order chi connectivity index (χ0) is 20.9. The largest absolute Gasteiger partial charge is 0.452 e. The molecule has 1 N–H and O–H groups in total. The predicted molar refractivity (Wildman–Crippen MR) is 101 cm³/mol. The Morgan fingerprint density at radius 1 is 1.18 bits per heavy atom. The summed E-state index contributed by atoms with van der Waals surface area (Å²) in [6.45, 7) is 7.58. The lowest BCUT2D eigenvalue weighted by molar-refractivity contribution is -0.158. The lowest BCUT2D eigenvalue weighted by Gasteiger charge is -2.32. The van der Waals surface area contributed by atoms with Gasteiger partial charge in [-0.05, 0) is 52.7 Å². The van der Waals surface area contributed by atoms with Gasteiger partial charge in [0.2, 0.25) is 0 Å². The molecule has 7 nitrogen and oxygen atoms in total. The summed E-state index contributed by atoms with van der Waals surface area (Å²) in [5.74, 6) is -2.07. The third-order valence-corrected chi connectivity index (χ3v) is 4.27. The highest BCUT2D eigenvalue weighted by molar-refractivity contribution is 5.95. The molecule has 1 aromatic carbocycles. The number of hydrogen-bond acceptors (Lipinski definition) is 5. The van der Waals surface area contributed by atoms with Crippen molar-refractivity contribution in [1.29, 1.82) is 0 Å². The van der Waals surface area contributed by atoms with E-state index in [-0.39, 0.29) is 5.69 Å². The molecule has 1 saturated heterocycles. The number of nitrogens with zero attached hydrogens (tertiary/aromatic N) is 1. The summed E-state index contributed by atoms with van der Waals surface area (Å²) in [7, 11) is 0. The zero-order valence-electron chi connectivity index (χ0n) is 16.7. The number of piperidine rings is 1. The van der Waals surface area contributed by atoms with E-state index in [1.807, 2.05) is 0 Å². The van der Waals surface area contributed by atoms with Gasteiger partial charge in [0.25, 0.3) is 5.91 Å². The van der Waals surface area contributed by atoms with Crippen LogP contribution >= 0.6 is 0 Å². The van der Waals surface area contributed by atoms with Crippen molar-refractivity contribution in [2.45, 2.75) is 52.2 Å². The SMILES string of the molecule is C[C@@H](OC(=O)C1CCN(C(=O)OC(C)(C)C)CC1)C(=O)Nc1ccccc1F. The van der Waals surface area contributed by atoms with Crippen LogP contribution < -0.4 is 5.32 Å². The molecule has 1 heterocycles. The van der Waals surface area contributed by atoms with Gasteiger partial charge < -0.3 is 19.7 Å². The number of ether oxygens (including phenoxy) is 2. The molecule has 0 aliphatic carbocycles. The van der Waals surface area contributed by atoms with E-state index in [1.54, 1.807) is 31.7 Å². The number of carbonyl (C=O) groups is 3. The average molecular weight is 394 g/mol. The standard InChI is InChI=1S/C20H27FN2O5/c1-13(17(24)22-16-8-6-5-7-15(16)21)27-18(25)14-9-11-23(12-10-14)19(26)28-20(2,3)4/h5-8,13-14H,9-12H2,1-4H3,(H,22,24)/t13-/m1/s1. The van der Waals surface area contributed by atoms with Gasteiger partial charge in [0.1, 0.15) is 11.4 Å². The maximum atomic E-state index is 13.6. The summed E-state index contributed by atoms with van der Waals surface area (Å²) in [6.07, 6.45) is -0.604. The van der Waals surface area contributed by atoms with Crippen molar-refractivity contribution in [3.63, 3.8) is 0 Å². The summed E-state index contributed by atoms with van der Waals surface area (Å²) in [4.78, 5) is 38.1. The van der Waals surface area contributed by atoms with E-state index < -0.39 is 41.4 Å². The van der Waals surface area contributed by atoms with Gasteiger partial charge >= 0.3 is 12.1 Å². The van der Waals surface area contributed by atoms with E-state index in [9.17, 15) is 18.8 Å². The van der Waals surface area contributed by atoms with Gasteiger partial charge in [-0.2, -0.15) is 0 Å². The molecule has 1 atom stereocenters. The number of nitrogens with one attached hydrogen (secondary N) is 1. The number of amides is 2. The van der Waals surface area contributed by atoms with Gasteiger partial charge in [-0.25, -0.2) is 9.18 Å². The molecule has 1 aromatic rings. The topological polar surface area (TPSA) is 84.9 Å². The molecule has 1 fully saturated rings. The number of anilines is 1. The molecule has 1 aliphatic rings. The van der Waals surface area contributed by atoms with Gasteiger partial charge in [-0.1, -0.05) is 12.1 Å². The number of likely N-dealkylation sites (tertiary alicyclic amines) is 1. The van der Waals surface area contributed by atoms with Crippen LogP contribution in [0.1, 0.15) is 40.5 Å². The summed E-state index contributed by atoms with van der Waals surface area (Å²) in [5.41, 5.74) is -0.547. The Kier molecular flexibility index (Phi) is 6.99. The van der Waals surface area contributed by atoms with E-state index in [0.29, 0.717) is 25.9 Å². The predicted octanol–water partition coefficient (Wildman–Crippen LogP) is 3.34. The van der Waals surface area contributed by atoms with E-state index in [1.165, 1.54) is 25.1 Å². The average Bonchev–Trinajstić information content (AvgIpc) is 2.62. The monoisotopic (exact) mass is 394 g/mol. The fourth-order valence-corrected chi connectivity index (χ4v) is 2.75. The minimum absolute atomic E-state index is 0.0288. The number of benzene rings is 1. The van der Waals surface area contributed by atoms with Gasteiger partial charge in [0.05, 0.1) is 11.6 Å². The highest BCUT2D eigenvalue weighted by atomic mass is 19.1. The molecule has 2 rings (SSSR count). The molecule has 1 aliphatic heterocycles. The van der Waals surface area contributed by atoms with Crippen molar-refractivity contribution < 1.29 is 28.2 Å². The van der Waals surface area contributed by atoms with E-state index >= 15 is 0 Å². The first-order chi connectivity index (χ1) is 13.1. The Balaban J connectivity index is 1.81. The third kappa shape index (κ3) is 6.21. The molecule has 0 aromatic heterocycles. The maximum absolute atomic E-state index is 13.6. The lowest BCUT2D eigenvalue weighted by atomic mass is 9.97. The third-order valence-electron chi connectivity index (χ3n) is 4.27. The number of rotatable bonds is 4. The van der Waals surface area contributed by atoms with Crippen molar-refractivity contribution in [2.75, 3.05) is 18.4 Å². The Morgan fingerprint density at radius 2 is 1.79 bits per heavy atom. The fraction of sp³-hybridized carbons (Fsp3) is 0.550. The van der Waals surface area contributed by atoms with Crippen molar-refractivity contribution in [1.82, 2.24) is 4.90 Å². The van der Waals surface area contributed by atoms with Crippen LogP contribution in [-0.2, 0) is 19.1 Å². The van der Waals surface area contributed by atoms with Crippen molar-refractivity contribution in [3.05, 3.63) is 30.1 Å². The van der Waals surface area contributed by atoms with E-state index in [0.717, 1.165) is 0 Å². The van der Waals surface area contributed by atoms with Crippen LogP contribution in [0, 0.1) is 11.7 Å². The molecule has 0 spiro atoms. The van der Waals surface area contributed by atoms with Crippen LogP contribution in [0.4, 0.5) is 14.9 Å². The molecule has 0 radical (unpaired) electrons. The van der Waals surface area contributed by atoms with Crippen LogP contribution in [-0.4, -0.2) is 47.7 Å². The summed E-state index contributed by atoms with van der Waals surface area (Å²) in [6, 6.07) is 5.75. The van der Waals surface area contributed by atoms with E-state index in [4.69, 9.17) is 9.47 Å². The number of esters is 1. The van der Waals surface area contributed by atoms with Gasteiger partial charge in [-0.15, -0.1) is 0 Å². The van der Waals surface area contributed by atoms with Gasteiger partial charge in [0, 0.05) is 13.1 Å². The van der Waals surface area contributed by atoms with Gasteiger partial charge in [-0.3, -0.25) is 9.59 Å². The number of para-hydroxylation sites is 1. The maximum Gasteiger partial charge on any atom is 0.410 e. The van der Waals surface area contributed by atoms with Crippen LogP contribution in [0.2, 0.25) is 0 Å². The first-order valence-corrected chi connectivity index (χ1v) is 9.30. The first kappa shape index (κ1) is 21.7. The summed E-state index contributed by atoms with van der Waals surface area (Å²) >= 11 is 0. The Labute approximate surface area is 164 Å². The Bertz CT molecular complexity index is 724. The fourth-order valence-electron chi connectivity index (χ4n) is 2.75. The van der Waals surface area contributed by atoms with Gasteiger partial charge in [0.15, 0.2) is 6.10 Å². The highest BCUT2D eigenvalue weighted by Crippen LogP contribution is 2.22. The highest BCUT2D eigenvalue weighted by Gasteiger charge is 2.32. The molecule has 28 heavy (non-hydrogen) atoms. The Morgan fingerprint density at radius 3 is 2.36 bits per heavy atom. The molecule has 0 saturated carbocycles. The number of halogens is 1. The number of carbonyl (C=O) groups excluding carboxylic acids is 3. The minimum Gasteiger partial charge on any atom is -0.452 e. The van der Waals surface area contributed by atoms with Crippen molar-refractivity contribution in [2.24, 2.45) is 5.92 Å².